The van der Waals surface area contributed by atoms with Crippen molar-refractivity contribution in [3.8, 4) is 0 Å². The van der Waals surface area contributed by atoms with E-state index in [1.807, 2.05) is 6.34 Å². The molecule has 3 nitrogen and oxygen atoms in total. The number of aliphatic hydroxyl groups excluding tert-OH is 1. The van der Waals surface area contributed by atoms with Crippen molar-refractivity contribution in [1.29, 1.82) is 0 Å². The Morgan fingerprint density at radius 2 is 1.70 bits per heavy atom. The van der Waals surface area contributed by atoms with Gasteiger partial charge in [0.2, 0.25) is 0 Å². The smallest absolute Gasteiger partial charge is 1.00 e. The second kappa shape index (κ2) is 14.4. The predicted octanol–water partition coefficient (Wildman–Crippen LogP) is 0.729. The van der Waals surface area contributed by atoms with Gasteiger partial charge in [-0.2, -0.15) is 0 Å². The molecule has 114 valence electrons. The van der Waals surface area contributed by atoms with Crippen molar-refractivity contribution < 1.29 is 36.1 Å². The Morgan fingerprint density at radius 1 is 1.10 bits per heavy atom. The minimum atomic E-state index is -0.172. The summed E-state index contributed by atoms with van der Waals surface area (Å²) < 4.78 is 0. The molecule has 0 spiro atoms. The van der Waals surface area contributed by atoms with E-state index < -0.39 is 0 Å². The van der Waals surface area contributed by atoms with Crippen molar-refractivity contribution in [1.82, 2.24) is 4.90 Å². The van der Waals surface area contributed by atoms with Crippen LogP contribution in [0.25, 0.3) is 0 Å². The van der Waals surface area contributed by atoms with E-state index in [4.69, 9.17) is 0 Å². The third kappa shape index (κ3) is 11.1. The summed E-state index contributed by atoms with van der Waals surface area (Å²) in [5.41, 5.74) is 0. The van der Waals surface area contributed by atoms with Crippen LogP contribution in [0.15, 0.2) is 4.99 Å². The van der Waals surface area contributed by atoms with Gasteiger partial charge in [-0.05, 0) is 6.42 Å². The van der Waals surface area contributed by atoms with Crippen LogP contribution in [0.2, 0.25) is 0 Å². The van der Waals surface area contributed by atoms with Crippen LogP contribution in [0, 0.1) is 0 Å². The van der Waals surface area contributed by atoms with E-state index in [0.717, 1.165) is 26.1 Å². The molecule has 0 amide bonds. The first-order chi connectivity index (χ1) is 9.33. The van der Waals surface area contributed by atoms with Gasteiger partial charge in [-0.25, -0.2) is 0 Å². The topological polar surface area (TPSA) is 35.8 Å². The molecular formula is C16H33N2NaO. The zero-order chi connectivity index (χ0) is 13.8. The molecule has 0 aromatic carbocycles. The minimum absolute atomic E-state index is 0. The van der Waals surface area contributed by atoms with Gasteiger partial charge in [0, 0.05) is 13.1 Å². The zero-order valence-corrected chi connectivity index (χ0v) is 15.7. The van der Waals surface area contributed by atoms with E-state index >= 15 is 0 Å². The summed E-state index contributed by atoms with van der Waals surface area (Å²) in [6, 6.07) is 0. The van der Waals surface area contributed by atoms with Crippen molar-refractivity contribution in [2.45, 2.75) is 77.2 Å². The monoisotopic (exact) mass is 292 g/mol. The molecule has 1 unspecified atom stereocenters. The molecule has 1 rings (SSSR count). The van der Waals surface area contributed by atoms with Crippen molar-refractivity contribution >= 4 is 6.34 Å². The molecule has 0 radical (unpaired) electrons. The largest absolute Gasteiger partial charge is 1.00 e. The fraction of sp³-hybridized carbons (Fsp3) is 0.938. The van der Waals surface area contributed by atoms with Crippen molar-refractivity contribution in [2.24, 2.45) is 4.99 Å². The van der Waals surface area contributed by atoms with Gasteiger partial charge in [0.15, 0.2) is 0 Å². The minimum Gasteiger partial charge on any atom is -1.00 e. The molecule has 0 aromatic rings. The normalized spacial score (nSPS) is 15.4. The second-order valence-corrected chi connectivity index (χ2v) is 5.79. The molecule has 1 heterocycles. The third-order valence-electron chi connectivity index (χ3n) is 3.85. The first-order valence-electron chi connectivity index (χ1n) is 8.25. The maximum Gasteiger partial charge on any atom is 1.00 e. The Morgan fingerprint density at radius 3 is 2.25 bits per heavy atom. The standard InChI is InChI=1S/C16H32N2O.Na.H/c1-2-3-4-5-6-7-8-9-10-11-16(19)14-18-13-12-17-15-18;;/h15-16,19H,2-14H2,1H3;;/q;+1;-1. The number of unbranched alkanes of at least 4 members (excludes halogenated alkanes) is 8. The van der Waals surface area contributed by atoms with Crippen LogP contribution in [0.3, 0.4) is 0 Å². The molecule has 0 fully saturated rings. The molecule has 4 heteroatoms. The fourth-order valence-electron chi connectivity index (χ4n) is 2.61. The van der Waals surface area contributed by atoms with Crippen LogP contribution in [0.4, 0.5) is 0 Å². The van der Waals surface area contributed by atoms with E-state index in [1.54, 1.807) is 0 Å². The van der Waals surface area contributed by atoms with Crippen LogP contribution < -0.4 is 29.6 Å². The number of aliphatic hydroxyl groups is 1. The number of hydrogen-bond acceptors (Lipinski definition) is 3. The summed E-state index contributed by atoms with van der Waals surface area (Å²) in [6.45, 7) is 4.90. The summed E-state index contributed by atoms with van der Waals surface area (Å²) in [5.74, 6) is 0. The van der Waals surface area contributed by atoms with Crippen LogP contribution >= 0.6 is 0 Å². The second-order valence-electron chi connectivity index (χ2n) is 5.79. The van der Waals surface area contributed by atoms with Crippen LogP contribution in [0.1, 0.15) is 72.6 Å². The average molecular weight is 292 g/mol. The predicted molar refractivity (Wildman–Crippen MR) is 83.9 cm³/mol. The maximum absolute atomic E-state index is 9.91. The van der Waals surface area contributed by atoms with E-state index in [2.05, 4.69) is 16.8 Å². The van der Waals surface area contributed by atoms with Gasteiger partial charge in [-0.15, -0.1) is 0 Å². The summed E-state index contributed by atoms with van der Waals surface area (Å²) in [6.07, 6.45) is 14.7. The van der Waals surface area contributed by atoms with Gasteiger partial charge in [-0.3, -0.25) is 4.99 Å². The summed E-state index contributed by atoms with van der Waals surface area (Å²) >= 11 is 0. The van der Waals surface area contributed by atoms with Gasteiger partial charge >= 0.3 is 29.6 Å². The van der Waals surface area contributed by atoms with Gasteiger partial charge in [-0.1, -0.05) is 64.7 Å². The van der Waals surface area contributed by atoms with Gasteiger partial charge < -0.3 is 11.4 Å². The van der Waals surface area contributed by atoms with Gasteiger partial charge in [0.05, 0.1) is 19.0 Å². The first kappa shape index (κ1) is 20.4. The Bertz CT molecular complexity index is 242. The van der Waals surface area contributed by atoms with Crippen molar-refractivity contribution in [3.05, 3.63) is 0 Å². The molecule has 1 aliphatic heterocycles. The third-order valence-corrected chi connectivity index (χ3v) is 3.85. The Balaban J connectivity index is 0. The molecule has 0 bridgehead atoms. The van der Waals surface area contributed by atoms with Gasteiger partial charge in [0.25, 0.3) is 0 Å². The summed E-state index contributed by atoms with van der Waals surface area (Å²) in [4.78, 5) is 6.28. The molecule has 1 N–H and O–H groups in total. The van der Waals surface area contributed by atoms with E-state index in [9.17, 15) is 5.11 Å². The average Bonchev–Trinajstić information content (AvgIpc) is 2.89. The van der Waals surface area contributed by atoms with E-state index in [-0.39, 0.29) is 37.1 Å². The maximum atomic E-state index is 9.91. The van der Waals surface area contributed by atoms with E-state index in [0.29, 0.717) is 0 Å². The van der Waals surface area contributed by atoms with Crippen molar-refractivity contribution in [3.63, 3.8) is 0 Å². The molecule has 0 aliphatic carbocycles. The van der Waals surface area contributed by atoms with Crippen LogP contribution in [-0.4, -0.2) is 42.1 Å². The molecule has 1 aliphatic rings. The molecule has 0 aromatic heterocycles. The molecular weight excluding hydrogens is 259 g/mol. The van der Waals surface area contributed by atoms with E-state index in [1.165, 1.54) is 57.8 Å². The summed E-state index contributed by atoms with van der Waals surface area (Å²) in [5, 5.41) is 9.91. The number of hydrogen-bond donors (Lipinski definition) is 1. The molecule has 20 heavy (non-hydrogen) atoms. The van der Waals surface area contributed by atoms with Gasteiger partial charge in [0.1, 0.15) is 0 Å². The number of β-amino-alcohol motifs (C(OH)–C–C–N with tert-alkyl or cyclic N) is 1. The Kier molecular flexibility index (Phi) is 14.7. The van der Waals surface area contributed by atoms with Crippen LogP contribution in [0.5, 0.6) is 0 Å². The fourth-order valence-corrected chi connectivity index (χ4v) is 2.61. The molecule has 0 saturated heterocycles. The first-order valence-corrected chi connectivity index (χ1v) is 8.25. The Labute approximate surface area is 149 Å². The quantitative estimate of drug-likeness (QED) is 0.425. The SMILES string of the molecule is CCCCCCCCCCCC(O)CN1C=NCC1.[H-].[Na+]. The number of nitrogens with zero attached hydrogens (tertiary/aromatic N) is 2. The number of rotatable bonds is 12. The summed E-state index contributed by atoms with van der Waals surface area (Å²) in [7, 11) is 0. The van der Waals surface area contributed by atoms with Crippen molar-refractivity contribution in [2.75, 3.05) is 19.6 Å². The zero-order valence-electron chi connectivity index (χ0n) is 14.7. The molecule has 0 saturated carbocycles. The molecule has 1 atom stereocenters. The number of aliphatic imine (C=N–C) groups is 1. The van der Waals surface area contributed by atoms with Crippen LogP contribution in [-0.2, 0) is 0 Å². The Hall–Kier alpha value is 0.430.